The lowest BCUT2D eigenvalue weighted by atomic mass is 9.90. The van der Waals surface area contributed by atoms with Gasteiger partial charge in [0.25, 0.3) is 5.91 Å². The quantitative estimate of drug-likeness (QED) is 0.781. The molecule has 0 saturated carbocycles. The zero-order valence-electron chi connectivity index (χ0n) is 14.0. The number of carbonyl (C=O) groups excluding carboxylic acids is 1. The van der Waals surface area contributed by atoms with Crippen LogP contribution in [0.1, 0.15) is 39.9 Å². The summed E-state index contributed by atoms with van der Waals surface area (Å²) < 4.78 is 5.33. The maximum Gasteiger partial charge on any atom is 0.251 e. The van der Waals surface area contributed by atoms with E-state index in [2.05, 4.69) is 16.4 Å². The molecule has 0 saturated heterocycles. The zero-order valence-corrected chi connectivity index (χ0v) is 14.0. The smallest absolute Gasteiger partial charge is 0.251 e. The molecule has 0 atom stereocenters. The molecule has 3 aromatic rings. The molecule has 0 radical (unpaired) electrons. The molecule has 0 aliphatic heterocycles. The summed E-state index contributed by atoms with van der Waals surface area (Å²) >= 11 is 0. The molecule has 2 aromatic heterocycles. The van der Waals surface area contributed by atoms with Crippen molar-refractivity contribution >= 4 is 5.91 Å². The van der Waals surface area contributed by atoms with Crippen LogP contribution in [0.15, 0.2) is 59.3 Å². The number of fused-ring (bicyclic) bond motifs is 1. The number of hydrogen-bond acceptors (Lipinski definition) is 3. The summed E-state index contributed by atoms with van der Waals surface area (Å²) in [5, 5.41) is 2.97. The van der Waals surface area contributed by atoms with Crippen LogP contribution in [0.4, 0.5) is 0 Å². The Morgan fingerprint density at radius 3 is 2.72 bits per heavy atom. The minimum atomic E-state index is -0.0384. The van der Waals surface area contributed by atoms with E-state index in [1.807, 2.05) is 36.4 Å². The van der Waals surface area contributed by atoms with Gasteiger partial charge >= 0.3 is 0 Å². The van der Waals surface area contributed by atoms with E-state index >= 15 is 0 Å². The van der Waals surface area contributed by atoms with E-state index in [0.29, 0.717) is 6.54 Å². The second-order valence-electron chi connectivity index (χ2n) is 6.40. The highest BCUT2D eigenvalue weighted by Crippen LogP contribution is 2.22. The molecule has 0 spiro atoms. The van der Waals surface area contributed by atoms with Crippen molar-refractivity contribution < 1.29 is 9.21 Å². The molecule has 25 heavy (non-hydrogen) atoms. The Balaban J connectivity index is 1.40. The molecule has 0 bridgehead atoms. The maximum absolute atomic E-state index is 12.4. The Hall–Kier alpha value is -2.88. The summed E-state index contributed by atoms with van der Waals surface area (Å²) in [6, 6.07) is 13.6. The third-order valence-electron chi connectivity index (χ3n) is 4.66. The van der Waals surface area contributed by atoms with E-state index in [1.165, 1.54) is 24.0 Å². The van der Waals surface area contributed by atoms with Gasteiger partial charge in [-0.1, -0.05) is 12.1 Å². The molecule has 0 unspecified atom stereocenters. The van der Waals surface area contributed by atoms with Crippen LogP contribution < -0.4 is 5.32 Å². The molecule has 1 amide bonds. The molecule has 0 fully saturated rings. The average Bonchev–Trinajstić information content (AvgIpc) is 3.21. The van der Waals surface area contributed by atoms with Crippen molar-refractivity contribution in [3.05, 3.63) is 77.2 Å². The minimum absolute atomic E-state index is 0.0384. The maximum atomic E-state index is 12.4. The molecule has 4 heteroatoms. The van der Waals surface area contributed by atoms with E-state index in [-0.39, 0.29) is 5.91 Å². The number of hydrogen-bond donors (Lipinski definition) is 1. The summed E-state index contributed by atoms with van der Waals surface area (Å²) in [5.74, 6) is 0.702. The number of carbonyl (C=O) groups is 1. The van der Waals surface area contributed by atoms with Crippen molar-refractivity contribution in [2.24, 2.45) is 0 Å². The number of amides is 1. The molecule has 4 rings (SSSR count). The highest BCUT2D eigenvalue weighted by Gasteiger charge is 2.13. The predicted octanol–water partition coefficient (Wildman–Crippen LogP) is 4.15. The van der Waals surface area contributed by atoms with Gasteiger partial charge in [0, 0.05) is 18.3 Å². The fourth-order valence-electron chi connectivity index (χ4n) is 3.26. The van der Waals surface area contributed by atoms with Crippen LogP contribution in [-0.4, -0.2) is 10.9 Å². The predicted molar refractivity (Wildman–Crippen MR) is 96.2 cm³/mol. The van der Waals surface area contributed by atoms with Crippen molar-refractivity contribution in [3.63, 3.8) is 0 Å². The van der Waals surface area contributed by atoms with Crippen LogP contribution in [0.2, 0.25) is 0 Å². The van der Waals surface area contributed by atoms with Crippen molar-refractivity contribution in [2.75, 3.05) is 0 Å². The Morgan fingerprint density at radius 1 is 1.08 bits per heavy atom. The van der Waals surface area contributed by atoms with Gasteiger partial charge in [0.1, 0.15) is 5.69 Å². The number of pyridine rings is 1. The first-order valence-electron chi connectivity index (χ1n) is 8.68. The second-order valence-corrected chi connectivity index (χ2v) is 6.40. The Bertz CT molecular complexity index is 867. The van der Waals surface area contributed by atoms with Gasteiger partial charge in [-0.3, -0.25) is 9.78 Å². The van der Waals surface area contributed by atoms with E-state index in [4.69, 9.17) is 4.42 Å². The third-order valence-corrected chi connectivity index (χ3v) is 4.66. The van der Waals surface area contributed by atoms with Crippen molar-refractivity contribution in [3.8, 4) is 11.5 Å². The second kappa shape index (κ2) is 6.93. The van der Waals surface area contributed by atoms with Gasteiger partial charge in [-0.25, -0.2) is 0 Å². The minimum Gasteiger partial charge on any atom is -0.463 e. The lowest BCUT2D eigenvalue weighted by Crippen LogP contribution is -2.23. The monoisotopic (exact) mass is 332 g/mol. The Morgan fingerprint density at radius 2 is 1.96 bits per heavy atom. The number of aryl methyl sites for hydroxylation is 2. The van der Waals surface area contributed by atoms with Gasteiger partial charge in [0.15, 0.2) is 5.76 Å². The molecule has 4 nitrogen and oxygen atoms in total. The van der Waals surface area contributed by atoms with Gasteiger partial charge in [-0.15, -0.1) is 0 Å². The SMILES string of the molecule is O=C(NCc1ccc(-c2ccco2)nc1)c1ccc2c(c1)CCCC2. The van der Waals surface area contributed by atoms with Crippen LogP contribution in [0.3, 0.4) is 0 Å². The van der Waals surface area contributed by atoms with Crippen LogP contribution in [0, 0.1) is 0 Å². The molecule has 2 heterocycles. The molecule has 126 valence electrons. The first kappa shape index (κ1) is 15.6. The van der Waals surface area contributed by atoms with Crippen molar-refractivity contribution in [1.82, 2.24) is 10.3 Å². The van der Waals surface area contributed by atoms with Gasteiger partial charge in [0.2, 0.25) is 0 Å². The molecule has 1 aliphatic rings. The summed E-state index contributed by atoms with van der Waals surface area (Å²) in [7, 11) is 0. The molecule has 1 aliphatic carbocycles. The lowest BCUT2D eigenvalue weighted by Gasteiger charge is -2.16. The summed E-state index contributed by atoms with van der Waals surface area (Å²) in [5.41, 5.74) is 5.20. The third kappa shape index (κ3) is 3.48. The topological polar surface area (TPSA) is 55.1 Å². The standard InChI is InChI=1S/C21H20N2O2/c24-21(18-9-8-16-4-1-2-5-17(16)12-18)23-14-15-7-10-19(22-13-15)20-6-3-11-25-20/h3,6-13H,1-2,4-5,14H2,(H,23,24). The molecule has 1 aromatic carbocycles. The van der Waals surface area contributed by atoms with E-state index in [1.54, 1.807) is 12.5 Å². The van der Waals surface area contributed by atoms with E-state index in [9.17, 15) is 4.79 Å². The summed E-state index contributed by atoms with van der Waals surface area (Å²) in [6.07, 6.45) is 8.07. The first-order valence-corrected chi connectivity index (χ1v) is 8.68. The normalized spacial score (nSPS) is 13.3. The highest BCUT2D eigenvalue weighted by atomic mass is 16.3. The van der Waals surface area contributed by atoms with Crippen LogP contribution >= 0.6 is 0 Å². The average molecular weight is 332 g/mol. The number of benzene rings is 1. The first-order chi connectivity index (χ1) is 12.3. The van der Waals surface area contributed by atoms with Gasteiger partial charge in [-0.2, -0.15) is 0 Å². The number of nitrogens with zero attached hydrogens (tertiary/aromatic N) is 1. The Labute approximate surface area is 146 Å². The molecular formula is C21H20N2O2. The summed E-state index contributed by atoms with van der Waals surface area (Å²) in [4.78, 5) is 16.8. The largest absolute Gasteiger partial charge is 0.463 e. The summed E-state index contributed by atoms with van der Waals surface area (Å²) in [6.45, 7) is 0.460. The number of aromatic nitrogens is 1. The number of furan rings is 1. The fraction of sp³-hybridized carbons (Fsp3) is 0.238. The van der Waals surface area contributed by atoms with Crippen LogP contribution in [-0.2, 0) is 19.4 Å². The Kier molecular flexibility index (Phi) is 4.34. The molecule has 1 N–H and O–H groups in total. The van der Waals surface area contributed by atoms with Crippen molar-refractivity contribution in [2.45, 2.75) is 32.2 Å². The fourth-order valence-corrected chi connectivity index (χ4v) is 3.26. The van der Waals surface area contributed by atoms with Crippen molar-refractivity contribution in [1.29, 1.82) is 0 Å². The van der Waals surface area contributed by atoms with Gasteiger partial charge < -0.3 is 9.73 Å². The highest BCUT2D eigenvalue weighted by molar-refractivity contribution is 5.94. The van der Waals surface area contributed by atoms with Crippen LogP contribution in [0.5, 0.6) is 0 Å². The van der Waals surface area contributed by atoms with Gasteiger partial charge in [-0.05, 0) is 72.7 Å². The van der Waals surface area contributed by atoms with E-state index in [0.717, 1.165) is 35.4 Å². The van der Waals surface area contributed by atoms with E-state index < -0.39 is 0 Å². The van der Waals surface area contributed by atoms with Crippen LogP contribution in [0.25, 0.3) is 11.5 Å². The lowest BCUT2D eigenvalue weighted by molar-refractivity contribution is 0.0950. The number of nitrogens with one attached hydrogen (secondary N) is 1. The zero-order chi connectivity index (χ0) is 17.1. The van der Waals surface area contributed by atoms with Gasteiger partial charge in [0.05, 0.1) is 6.26 Å². The molecular weight excluding hydrogens is 312 g/mol. The number of rotatable bonds is 4.